The Morgan fingerprint density at radius 1 is 0.955 bits per heavy atom. The molecule has 3 rings (SSSR count). The minimum atomic E-state index is -0.0910. The molecule has 2 aromatic carbocycles. The average Bonchev–Trinajstić information content (AvgIpc) is 2.80. The lowest BCUT2D eigenvalue weighted by Gasteiger charge is -2.19. The summed E-state index contributed by atoms with van der Waals surface area (Å²) in [7, 11) is 0. The molecule has 2 aromatic rings. The van der Waals surface area contributed by atoms with E-state index in [2.05, 4.69) is 5.32 Å². The Kier molecular flexibility index (Phi) is 4.19. The average molecular weight is 294 g/mol. The summed E-state index contributed by atoms with van der Waals surface area (Å²) in [5.41, 5.74) is 2.82. The molecular formula is C18H18N2O2. The summed E-state index contributed by atoms with van der Waals surface area (Å²) in [5.74, 6) is -0.177. The van der Waals surface area contributed by atoms with E-state index in [-0.39, 0.29) is 18.4 Å². The summed E-state index contributed by atoms with van der Waals surface area (Å²) in [6.45, 7) is 1.38. The Bertz CT molecular complexity index is 665. The normalized spacial score (nSPS) is 15.1. The van der Waals surface area contributed by atoms with Gasteiger partial charge in [0.15, 0.2) is 0 Å². The van der Waals surface area contributed by atoms with Crippen LogP contribution in [0.1, 0.15) is 16.8 Å². The van der Waals surface area contributed by atoms with Crippen LogP contribution in [0.25, 0.3) is 11.1 Å². The Hall–Kier alpha value is -2.62. The number of nitrogens with one attached hydrogen (secondary N) is 1. The Morgan fingerprint density at radius 2 is 1.64 bits per heavy atom. The number of carbonyl (C=O) groups excluding carboxylic acids is 2. The van der Waals surface area contributed by atoms with Gasteiger partial charge in [0.05, 0.1) is 6.54 Å². The Balaban J connectivity index is 1.77. The van der Waals surface area contributed by atoms with Crippen LogP contribution >= 0.6 is 0 Å². The van der Waals surface area contributed by atoms with Crippen molar-refractivity contribution in [2.24, 2.45) is 0 Å². The minimum Gasteiger partial charge on any atom is -0.354 e. The van der Waals surface area contributed by atoms with Crippen molar-refractivity contribution in [3.8, 4) is 11.1 Å². The molecule has 1 fully saturated rings. The molecule has 0 aromatic heterocycles. The summed E-state index contributed by atoms with van der Waals surface area (Å²) in [4.78, 5) is 25.7. The molecule has 0 atom stereocenters. The van der Waals surface area contributed by atoms with Crippen molar-refractivity contribution in [3.05, 3.63) is 60.2 Å². The van der Waals surface area contributed by atoms with Crippen LogP contribution in [0.4, 0.5) is 0 Å². The van der Waals surface area contributed by atoms with Crippen LogP contribution in [0.5, 0.6) is 0 Å². The van der Waals surface area contributed by atoms with Gasteiger partial charge in [-0.1, -0.05) is 42.5 Å². The molecule has 1 heterocycles. The first-order valence-electron chi connectivity index (χ1n) is 7.45. The third-order valence-corrected chi connectivity index (χ3v) is 3.79. The zero-order valence-corrected chi connectivity index (χ0v) is 12.3. The summed E-state index contributed by atoms with van der Waals surface area (Å²) in [6.07, 6.45) is 0.791. The molecule has 1 aliphatic rings. The first-order chi connectivity index (χ1) is 10.7. The second-order valence-electron chi connectivity index (χ2n) is 5.37. The zero-order valence-electron chi connectivity index (χ0n) is 12.3. The predicted octanol–water partition coefficient (Wildman–Crippen LogP) is 2.32. The van der Waals surface area contributed by atoms with Gasteiger partial charge in [0, 0.05) is 18.7 Å². The molecule has 22 heavy (non-hydrogen) atoms. The first kappa shape index (κ1) is 14.3. The van der Waals surface area contributed by atoms with Crippen LogP contribution < -0.4 is 5.32 Å². The highest BCUT2D eigenvalue weighted by Crippen LogP contribution is 2.20. The zero-order chi connectivity index (χ0) is 15.4. The number of hydrogen-bond donors (Lipinski definition) is 1. The number of carbonyl (C=O) groups is 2. The van der Waals surface area contributed by atoms with E-state index in [9.17, 15) is 9.59 Å². The molecule has 0 unspecified atom stereocenters. The second-order valence-corrected chi connectivity index (χ2v) is 5.37. The highest BCUT2D eigenvalue weighted by Gasteiger charge is 2.20. The van der Waals surface area contributed by atoms with Crippen molar-refractivity contribution in [2.75, 3.05) is 19.6 Å². The molecule has 0 saturated carbocycles. The number of rotatable bonds is 2. The van der Waals surface area contributed by atoms with Crippen LogP contribution in [0.2, 0.25) is 0 Å². The Morgan fingerprint density at radius 3 is 2.36 bits per heavy atom. The fraction of sp³-hybridized carbons (Fsp3) is 0.222. The van der Waals surface area contributed by atoms with Gasteiger partial charge in [-0.2, -0.15) is 0 Å². The van der Waals surface area contributed by atoms with Crippen molar-refractivity contribution in [1.29, 1.82) is 0 Å². The standard InChI is InChI=1S/C18H18N2O2/c21-17-13-20(12-4-11-19-17)18(22)16-9-7-15(8-10-16)14-5-2-1-3-6-14/h1-3,5-10H,4,11-13H2,(H,19,21). The lowest BCUT2D eigenvalue weighted by Crippen LogP contribution is -2.37. The molecule has 112 valence electrons. The maximum Gasteiger partial charge on any atom is 0.254 e. The fourth-order valence-corrected chi connectivity index (χ4v) is 2.60. The van der Waals surface area contributed by atoms with Gasteiger partial charge in [-0.3, -0.25) is 9.59 Å². The number of benzene rings is 2. The molecule has 0 spiro atoms. The van der Waals surface area contributed by atoms with Gasteiger partial charge < -0.3 is 10.2 Å². The van der Waals surface area contributed by atoms with Gasteiger partial charge in [0.2, 0.25) is 5.91 Å². The first-order valence-corrected chi connectivity index (χ1v) is 7.45. The smallest absolute Gasteiger partial charge is 0.254 e. The van der Waals surface area contributed by atoms with Crippen LogP contribution in [-0.2, 0) is 4.79 Å². The molecule has 1 saturated heterocycles. The van der Waals surface area contributed by atoms with Crippen molar-refractivity contribution >= 4 is 11.8 Å². The van der Waals surface area contributed by atoms with E-state index < -0.39 is 0 Å². The molecule has 0 radical (unpaired) electrons. The van der Waals surface area contributed by atoms with E-state index in [0.29, 0.717) is 18.7 Å². The van der Waals surface area contributed by atoms with Crippen molar-refractivity contribution in [3.63, 3.8) is 0 Å². The van der Waals surface area contributed by atoms with E-state index in [1.165, 1.54) is 0 Å². The van der Waals surface area contributed by atoms with Crippen LogP contribution in [0.3, 0.4) is 0 Å². The minimum absolute atomic E-state index is 0.0864. The topological polar surface area (TPSA) is 49.4 Å². The molecular weight excluding hydrogens is 276 g/mol. The van der Waals surface area contributed by atoms with Gasteiger partial charge in [-0.15, -0.1) is 0 Å². The third kappa shape index (κ3) is 3.17. The summed E-state index contributed by atoms with van der Waals surface area (Å²) in [5, 5.41) is 2.78. The number of nitrogens with zero attached hydrogens (tertiary/aromatic N) is 1. The lowest BCUT2D eigenvalue weighted by molar-refractivity contribution is -0.121. The largest absolute Gasteiger partial charge is 0.354 e. The van der Waals surface area contributed by atoms with Crippen molar-refractivity contribution in [2.45, 2.75) is 6.42 Å². The lowest BCUT2D eigenvalue weighted by atomic mass is 10.0. The van der Waals surface area contributed by atoms with Crippen molar-refractivity contribution < 1.29 is 9.59 Å². The van der Waals surface area contributed by atoms with Gasteiger partial charge in [0.25, 0.3) is 5.91 Å². The highest BCUT2D eigenvalue weighted by molar-refractivity contribution is 5.97. The van der Waals surface area contributed by atoms with E-state index in [1.807, 2.05) is 54.6 Å². The molecule has 0 aliphatic carbocycles. The SMILES string of the molecule is O=C1CN(C(=O)c2ccc(-c3ccccc3)cc2)CCCN1. The van der Waals surface area contributed by atoms with E-state index >= 15 is 0 Å². The number of amides is 2. The van der Waals surface area contributed by atoms with E-state index in [4.69, 9.17) is 0 Å². The van der Waals surface area contributed by atoms with Gasteiger partial charge in [-0.05, 0) is 29.7 Å². The highest BCUT2D eigenvalue weighted by atomic mass is 16.2. The maximum atomic E-state index is 12.5. The van der Waals surface area contributed by atoms with Crippen LogP contribution in [0, 0.1) is 0 Å². The molecule has 1 N–H and O–H groups in total. The Labute approximate surface area is 129 Å². The summed E-state index contributed by atoms with van der Waals surface area (Å²) < 4.78 is 0. The predicted molar refractivity (Wildman–Crippen MR) is 85.4 cm³/mol. The third-order valence-electron chi connectivity index (χ3n) is 3.79. The molecule has 0 bridgehead atoms. The van der Waals surface area contributed by atoms with Gasteiger partial charge >= 0.3 is 0 Å². The maximum absolute atomic E-state index is 12.5. The van der Waals surface area contributed by atoms with Gasteiger partial charge in [0.1, 0.15) is 0 Å². The number of hydrogen-bond acceptors (Lipinski definition) is 2. The summed E-state index contributed by atoms with van der Waals surface area (Å²) in [6, 6.07) is 17.6. The summed E-state index contributed by atoms with van der Waals surface area (Å²) >= 11 is 0. The quantitative estimate of drug-likeness (QED) is 0.924. The molecule has 4 nitrogen and oxygen atoms in total. The fourth-order valence-electron chi connectivity index (χ4n) is 2.60. The van der Waals surface area contributed by atoms with Crippen molar-refractivity contribution in [1.82, 2.24) is 10.2 Å². The molecule has 1 aliphatic heterocycles. The van der Waals surface area contributed by atoms with Gasteiger partial charge in [-0.25, -0.2) is 0 Å². The molecule has 2 amide bonds. The monoisotopic (exact) mass is 294 g/mol. The molecule has 4 heteroatoms. The van der Waals surface area contributed by atoms with E-state index in [0.717, 1.165) is 17.5 Å². The van der Waals surface area contributed by atoms with Crippen LogP contribution in [-0.4, -0.2) is 36.3 Å². The van der Waals surface area contributed by atoms with Crippen LogP contribution in [0.15, 0.2) is 54.6 Å². The van der Waals surface area contributed by atoms with E-state index in [1.54, 1.807) is 4.90 Å². The second kappa shape index (κ2) is 6.43.